The highest BCUT2D eigenvalue weighted by atomic mass is 35.5. The molecule has 1 N–H and O–H groups in total. The number of carbonyl (C=O) groups excluding carboxylic acids is 1. The molecule has 0 aliphatic heterocycles. The molecule has 41 heavy (non-hydrogen) atoms. The maximum Gasteiger partial charge on any atom is 0.261 e. The Hall–Kier alpha value is -3.92. The number of ether oxygens (including phenoxy) is 3. The van der Waals surface area contributed by atoms with Gasteiger partial charge >= 0.3 is 0 Å². The molecule has 4 aromatic rings. The number of rotatable bonds is 12. The number of hydrogen-bond acceptors (Lipinski definition) is 6. The van der Waals surface area contributed by atoms with Gasteiger partial charge in [0.1, 0.15) is 11.5 Å². The smallest absolute Gasteiger partial charge is 0.261 e. The van der Waals surface area contributed by atoms with E-state index in [0.29, 0.717) is 52.6 Å². The number of sulfonamides is 1. The molecule has 11 heteroatoms. The minimum Gasteiger partial charge on any atom is -0.493 e. The van der Waals surface area contributed by atoms with Crippen molar-refractivity contribution in [2.75, 3.05) is 32.0 Å². The maximum atomic E-state index is 13.3. The predicted octanol–water partition coefficient (Wildman–Crippen LogP) is 7.14. The number of carbonyl (C=O) groups is 1. The van der Waals surface area contributed by atoms with Crippen LogP contribution in [-0.4, -0.2) is 46.5 Å². The molecular formula is C30H28Cl2N2O6S. The summed E-state index contributed by atoms with van der Waals surface area (Å²) in [6, 6.07) is 24.5. The van der Waals surface area contributed by atoms with E-state index in [0.717, 1.165) is 0 Å². The average molecular weight is 616 g/mol. The molecule has 0 fully saturated rings. The third-order valence-corrected chi connectivity index (χ3v) is 7.89. The zero-order chi connectivity index (χ0) is 29.4. The molecule has 214 valence electrons. The Morgan fingerprint density at radius 2 is 1.54 bits per heavy atom. The van der Waals surface area contributed by atoms with Gasteiger partial charge in [-0.3, -0.25) is 9.52 Å². The second-order valence-electron chi connectivity index (χ2n) is 8.88. The lowest BCUT2D eigenvalue weighted by molar-refractivity contribution is 0.0788. The standard InChI is InChI=1S/C30H28Cl2N2O6S/c1-34(18-7-19-39-29-11-6-5-10-28(29)38-2)30(35)24-20-21(31)12-17-26(24)33-41(36,37)23-15-13-22(14-16-23)40-27-9-4-3-8-25(27)32/h3-6,8-17,20,33H,7,18-19H2,1-2H3. The molecule has 4 rings (SSSR count). The first-order valence-corrected chi connectivity index (χ1v) is 14.8. The minimum atomic E-state index is -4.04. The van der Waals surface area contributed by atoms with Crippen LogP contribution in [0.25, 0.3) is 0 Å². The van der Waals surface area contributed by atoms with Gasteiger partial charge in [-0.2, -0.15) is 0 Å². The summed E-state index contributed by atoms with van der Waals surface area (Å²) in [5.74, 6) is 1.69. The zero-order valence-corrected chi connectivity index (χ0v) is 24.7. The summed E-state index contributed by atoms with van der Waals surface area (Å²) in [5.41, 5.74) is 0.223. The van der Waals surface area contributed by atoms with E-state index >= 15 is 0 Å². The van der Waals surface area contributed by atoms with E-state index in [-0.39, 0.29) is 16.1 Å². The van der Waals surface area contributed by atoms with Crippen molar-refractivity contribution in [2.45, 2.75) is 11.3 Å². The van der Waals surface area contributed by atoms with Gasteiger partial charge in [0.2, 0.25) is 0 Å². The van der Waals surface area contributed by atoms with E-state index in [4.69, 9.17) is 37.4 Å². The van der Waals surface area contributed by atoms with Gasteiger partial charge in [0.15, 0.2) is 11.5 Å². The molecule has 0 unspecified atom stereocenters. The Bertz CT molecular complexity index is 1610. The molecule has 1 amide bonds. The van der Waals surface area contributed by atoms with Gasteiger partial charge in [-0.25, -0.2) is 8.42 Å². The van der Waals surface area contributed by atoms with Crippen LogP contribution < -0.4 is 18.9 Å². The molecule has 0 spiro atoms. The summed E-state index contributed by atoms with van der Waals surface area (Å²) >= 11 is 12.3. The van der Waals surface area contributed by atoms with Crippen LogP contribution in [0.2, 0.25) is 10.0 Å². The van der Waals surface area contributed by atoms with E-state index in [9.17, 15) is 13.2 Å². The molecule has 0 heterocycles. The number of para-hydroxylation sites is 3. The van der Waals surface area contributed by atoms with Gasteiger partial charge < -0.3 is 19.1 Å². The summed E-state index contributed by atoms with van der Waals surface area (Å²) < 4.78 is 45.7. The van der Waals surface area contributed by atoms with E-state index in [1.807, 2.05) is 12.1 Å². The highest BCUT2D eigenvalue weighted by Gasteiger charge is 2.21. The van der Waals surface area contributed by atoms with Crippen molar-refractivity contribution in [3.05, 3.63) is 107 Å². The predicted molar refractivity (Wildman–Crippen MR) is 160 cm³/mol. The first-order chi connectivity index (χ1) is 19.7. The normalized spacial score (nSPS) is 11.0. The van der Waals surface area contributed by atoms with Crippen LogP contribution in [0.4, 0.5) is 5.69 Å². The number of nitrogens with zero attached hydrogens (tertiary/aromatic N) is 1. The van der Waals surface area contributed by atoms with Crippen molar-refractivity contribution in [1.29, 1.82) is 0 Å². The highest BCUT2D eigenvalue weighted by molar-refractivity contribution is 7.92. The number of anilines is 1. The fourth-order valence-electron chi connectivity index (χ4n) is 3.86. The topological polar surface area (TPSA) is 94.2 Å². The van der Waals surface area contributed by atoms with Crippen LogP contribution in [-0.2, 0) is 10.0 Å². The van der Waals surface area contributed by atoms with E-state index in [2.05, 4.69) is 4.72 Å². The third-order valence-electron chi connectivity index (χ3n) is 5.97. The third kappa shape index (κ3) is 7.85. The lowest BCUT2D eigenvalue weighted by Crippen LogP contribution is -2.29. The van der Waals surface area contributed by atoms with E-state index < -0.39 is 15.9 Å². The first kappa shape index (κ1) is 30.0. The Labute approximate surface area is 249 Å². The van der Waals surface area contributed by atoms with Crippen molar-refractivity contribution in [3.63, 3.8) is 0 Å². The summed E-state index contributed by atoms with van der Waals surface area (Å²) in [6.45, 7) is 0.711. The van der Waals surface area contributed by atoms with Crippen molar-refractivity contribution in [2.24, 2.45) is 0 Å². The fourth-order valence-corrected chi connectivity index (χ4v) is 5.28. The zero-order valence-electron chi connectivity index (χ0n) is 22.3. The Morgan fingerprint density at radius 1 is 0.878 bits per heavy atom. The molecule has 0 radical (unpaired) electrons. The summed E-state index contributed by atoms with van der Waals surface area (Å²) in [6.07, 6.45) is 0.532. The number of benzene rings is 4. The average Bonchev–Trinajstić information content (AvgIpc) is 2.97. The Kier molecular flexibility index (Phi) is 9.99. The van der Waals surface area contributed by atoms with E-state index in [1.165, 1.54) is 47.4 Å². The molecule has 0 aliphatic rings. The van der Waals surface area contributed by atoms with Crippen molar-refractivity contribution in [3.8, 4) is 23.0 Å². The maximum absolute atomic E-state index is 13.3. The van der Waals surface area contributed by atoms with Crippen LogP contribution in [0.3, 0.4) is 0 Å². The summed E-state index contributed by atoms with van der Waals surface area (Å²) in [7, 11) is -0.847. The van der Waals surface area contributed by atoms with Crippen LogP contribution in [0.5, 0.6) is 23.0 Å². The van der Waals surface area contributed by atoms with Gasteiger partial charge in [-0.1, -0.05) is 47.5 Å². The van der Waals surface area contributed by atoms with Gasteiger partial charge in [0, 0.05) is 18.6 Å². The Balaban J connectivity index is 1.41. The lowest BCUT2D eigenvalue weighted by Gasteiger charge is -2.20. The van der Waals surface area contributed by atoms with Crippen molar-refractivity contribution in [1.82, 2.24) is 4.90 Å². The molecule has 0 saturated carbocycles. The highest BCUT2D eigenvalue weighted by Crippen LogP contribution is 2.30. The van der Waals surface area contributed by atoms with Gasteiger partial charge in [0.25, 0.3) is 15.9 Å². The van der Waals surface area contributed by atoms with Crippen LogP contribution in [0.15, 0.2) is 95.9 Å². The largest absolute Gasteiger partial charge is 0.493 e. The molecule has 0 bridgehead atoms. The summed E-state index contributed by atoms with van der Waals surface area (Å²) in [5, 5.41) is 0.727. The number of hydrogen-bond donors (Lipinski definition) is 1. The lowest BCUT2D eigenvalue weighted by atomic mass is 10.1. The molecule has 0 saturated heterocycles. The van der Waals surface area contributed by atoms with Crippen LogP contribution in [0.1, 0.15) is 16.8 Å². The van der Waals surface area contributed by atoms with Gasteiger partial charge in [0.05, 0.1) is 34.9 Å². The van der Waals surface area contributed by atoms with Crippen LogP contribution in [0, 0.1) is 0 Å². The first-order valence-electron chi connectivity index (χ1n) is 12.5. The second kappa shape index (κ2) is 13.6. The molecular weight excluding hydrogens is 587 g/mol. The summed E-state index contributed by atoms with van der Waals surface area (Å²) in [4.78, 5) is 14.8. The molecule has 0 atom stereocenters. The number of nitrogens with one attached hydrogen (secondary N) is 1. The van der Waals surface area contributed by atoms with Crippen molar-refractivity contribution < 1.29 is 27.4 Å². The molecule has 4 aromatic carbocycles. The SMILES string of the molecule is COc1ccccc1OCCCN(C)C(=O)c1cc(Cl)ccc1NS(=O)(=O)c1ccc(Oc2ccccc2Cl)cc1. The van der Waals surface area contributed by atoms with Crippen molar-refractivity contribution >= 4 is 44.8 Å². The molecule has 8 nitrogen and oxygen atoms in total. The molecule has 0 aliphatic carbocycles. The number of amides is 1. The fraction of sp³-hybridized carbons (Fsp3) is 0.167. The number of methoxy groups -OCH3 is 1. The quantitative estimate of drug-likeness (QED) is 0.170. The van der Waals surface area contributed by atoms with Crippen LogP contribution >= 0.6 is 23.2 Å². The Morgan fingerprint density at radius 3 is 2.22 bits per heavy atom. The molecule has 0 aromatic heterocycles. The monoisotopic (exact) mass is 614 g/mol. The minimum absolute atomic E-state index is 0.0146. The van der Waals surface area contributed by atoms with Gasteiger partial charge in [-0.05, 0) is 73.2 Å². The van der Waals surface area contributed by atoms with E-state index in [1.54, 1.807) is 50.6 Å². The number of halogens is 2. The van der Waals surface area contributed by atoms with Gasteiger partial charge in [-0.15, -0.1) is 0 Å². The second-order valence-corrected chi connectivity index (χ2v) is 11.4.